The summed E-state index contributed by atoms with van der Waals surface area (Å²) in [5.41, 5.74) is 0.370. The number of methoxy groups -OCH3 is 1. The molecule has 0 aliphatic heterocycles. The van der Waals surface area contributed by atoms with Crippen LogP contribution >= 0.6 is 0 Å². The van der Waals surface area contributed by atoms with E-state index >= 15 is 0 Å². The minimum atomic E-state index is -3.28. The van der Waals surface area contributed by atoms with E-state index in [2.05, 4.69) is 6.58 Å². The fourth-order valence-corrected chi connectivity index (χ4v) is 2.98. The first-order chi connectivity index (χ1) is 12.7. The monoisotopic (exact) mass is 390 g/mol. The second-order valence-electron chi connectivity index (χ2n) is 5.99. The zero-order valence-electron chi connectivity index (χ0n) is 15.5. The smallest absolute Gasteiger partial charge is 0.185 e. The Kier molecular flexibility index (Phi) is 6.76. The molecule has 2 aromatic rings. The average molecular weight is 390 g/mol. The SMILES string of the molecule is C=CC(=O)c1cc(Oc2ccc(S(C)(=O)=O)cc2)cc(O[C@@H](C)COC)c1. The van der Waals surface area contributed by atoms with Gasteiger partial charge in [0.05, 0.1) is 11.5 Å². The molecular weight excluding hydrogens is 368 g/mol. The number of hydrogen-bond donors (Lipinski definition) is 0. The molecule has 0 amide bonds. The summed E-state index contributed by atoms with van der Waals surface area (Å²) in [5, 5.41) is 0. The van der Waals surface area contributed by atoms with Gasteiger partial charge in [0, 0.05) is 25.0 Å². The van der Waals surface area contributed by atoms with Crippen molar-refractivity contribution in [1.29, 1.82) is 0 Å². The molecular formula is C20H22O6S. The Morgan fingerprint density at radius 1 is 1.11 bits per heavy atom. The minimum Gasteiger partial charge on any atom is -0.488 e. The second-order valence-corrected chi connectivity index (χ2v) is 8.01. The zero-order valence-corrected chi connectivity index (χ0v) is 16.3. The van der Waals surface area contributed by atoms with Crippen LogP contribution < -0.4 is 9.47 Å². The molecule has 0 aliphatic rings. The number of carbonyl (C=O) groups excluding carboxylic acids is 1. The van der Waals surface area contributed by atoms with Gasteiger partial charge in [-0.3, -0.25) is 4.79 Å². The number of hydrogen-bond acceptors (Lipinski definition) is 6. The van der Waals surface area contributed by atoms with Gasteiger partial charge in [0.2, 0.25) is 0 Å². The van der Waals surface area contributed by atoms with Crippen molar-refractivity contribution < 1.29 is 27.4 Å². The highest BCUT2D eigenvalue weighted by atomic mass is 32.2. The van der Waals surface area contributed by atoms with Gasteiger partial charge < -0.3 is 14.2 Å². The molecule has 0 fully saturated rings. The number of ketones is 1. The number of carbonyl (C=O) groups is 1. The first kappa shape index (κ1) is 20.7. The largest absolute Gasteiger partial charge is 0.488 e. The molecule has 6 nitrogen and oxygen atoms in total. The molecule has 27 heavy (non-hydrogen) atoms. The van der Waals surface area contributed by atoms with Gasteiger partial charge >= 0.3 is 0 Å². The molecule has 0 bridgehead atoms. The third-order valence-corrected chi connectivity index (χ3v) is 4.70. The topological polar surface area (TPSA) is 78.9 Å². The minimum absolute atomic E-state index is 0.197. The van der Waals surface area contributed by atoms with Crippen molar-refractivity contribution in [3.05, 3.63) is 60.7 Å². The van der Waals surface area contributed by atoms with Crippen LogP contribution in [0.5, 0.6) is 17.2 Å². The molecule has 2 rings (SSSR count). The van der Waals surface area contributed by atoms with E-state index in [0.29, 0.717) is 29.4 Å². The van der Waals surface area contributed by atoms with Crippen LogP contribution in [-0.4, -0.2) is 40.3 Å². The van der Waals surface area contributed by atoms with Gasteiger partial charge in [0.25, 0.3) is 0 Å². The van der Waals surface area contributed by atoms with Crippen molar-refractivity contribution in [2.45, 2.75) is 17.9 Å². The summed E-state index contributed by atoms with van der Waals surface area (Å²) in [7, 11) is -1.71. The molecule has 0 heterocycles. The van der Waals surface area contributed by atoms with Crippen molar-refractivity contribution in [2.75, 3.05) is 20.0 Å². The Morgan fingerprint density at radius 3 is 2.30 bits per heavy atom. The van der Waals surface area contributed by atoms with Crippen molar-refractivity contribution in [2.24, 2.45) is 0 Å². The van der Waals surface area contributed by atoms with Crippen LogP contribution in [0.15, 0.2) is 60.0 Å². The predicted octanol–water partition coefficient (Wildman–Crippen LogP) is 3.66. The molecule has 0 spiro atoms. The summed E-state index contributed by atoms with van der Waals surface area (Å²) in [6, 6.07) is 10.8. The highest BCUT2D eigenvalue weighted by molar-refractivity contribution is 7.90. The van der Waals surface area contributed by atoms with Crippen LogP contribution in [0, 0.1) is 0 Å². The Bertz CT molecular complexity index is 916. The summed E-state index contributed by atoms with van der Waals surface area (Å²) in [5.74, 6) is 1.00. The van der Waals surface area contributed by atoms with E-state index in [1.54, 1.807) is 37.4 Å². The average Bonchev–Trinajstić information content (AvgIpc) is 2.60. The molecule has 0 N–H and O–H groups in total. The lowest BCUT2D eigenvalue weighted by Crippen LogP contribution is -2.18. The van der Waals surface area contributed by atoms with Crippen molar-refractivity contribution in [3.8, 4) is 17.2 Å². The van der Waals surface area contributed by atoms with Gasteiger partial charge in [-0.05, 0) is 49.4 Å². The summed E-state index contributed by atoms with van der Waals surface area (Å²) in [4.78, 5) is 12.2. The van der Waals surface area contributed by atoms with E-state index in [1.807, 2.05) is 6.92 Å². The lowest BCUT2D eigenvalue weighted by atomic mass is 10.1. The summed E-state index contributed by atoms with van der Waals surface area (Å²) in [6.45, 7) is 5.73. The van der Waals surface area contributed by atoms with Gasteiger partial charge in [-0.25, -0.2) is 8.42 Å². The lowest BCUT2D eigenvalue weighted by Gasteiger charge is -2.16. The van der Waals surface area contributed by atoms with E-state index in [0.717, 1.165) is 6.26 Å². The molecule has 7 heteroatoms. The summed E-state index contributed by atoms with van der Waals surface area (Å²) < 4.78 is 39.7. The zero-order chi connectivity index (χ0) is 20.0. The lowest BCUT2D eigenvalue weighted by molar-refractivity contribution is 0.0916. The standard InChI is InChI=1S/C20H22O6S/c1-5-20(21)15-10-17(25-14(2)13-24-3)12-18(11-15)26-16-6-8-19(9-7-16)27(4,22)23/h5-12,14H,1,13H2,2-4H3/t14-/m0/s1. The van der Waals surface area contributed by atoms with Gasteiger partial charge in [-0.15, -0.1) is 0 Å². The number of ether oxygens (including phenoxy) is 3. The Labute approximate surface area is 159 Å². The van der Waals surface area contributed by atoms with Crippen LogP contribution in [0.2, 0.25) is 0 Å². The molecule has 1 atom stereocenters. The van der Waals surface area contributed by atoms with Crippen LogP contribution in [0.4, 0.5) is 0 Å². The molecule has 2 aromatic carbocycles. The molecule has 0 saturated carbocycles. The Hall–Kier alpha value is -2.64. The Morgan fingerprint density at radius 2 is 1.74 bits per heavy atom. The molecule has 0 aliphatic carbocycles. The maximum atomic E-state index is 12.0. The van der Waals surface area contributed by atoms with Crippen molar-refractivity contribution in [3.63, 3.8) is 0 Å². The summed E-state index contributed by atoms with van der Waals surface area (Å²) >= 11 is 0. The van der Waals surface area contributed by atoms with Crippen LogP contribution in [0.25, 0.3) is 0 Å². The highest BCUT2D eigenvalue weighted by Crippen LogP contribution is 2.29. The molecule has 0 aromatic heterocycles. The highest BCUT2D eigenvalue weighted by Gasteiger charge is 2.12. The first-order valence-corrected chi connectivity index (χ1v) is 10.1. The van der Waals surface area contributed by atoms with Crippen LogP contribution in [0.1, 0.15) is 17.3 Å². The third kappa shape index (κ3) is 5.94. The maximum Gasteiger partial charge on any atom is 0.185 e. The third-order valence-electron chi connectivity index (χ3n) is 3.58. The first-order valence-electron chi connectivity index (χ1n) is 8.18. The fourth-order valence-electron chi connectivity index (χ4n) is 2.35. The molecule has 0 unspecified atom stereocenters. The van der Waals surface area contributed by atoms with E-state index < -0.39 is 9.84 Å². The van der Waals surface area contributed by atoms with Gasteiger partial charge in [-0.2, -0.15) is 0 Å². The molecule has 0 saturated heterocycles. The number of benzene rings is 2. The maximum absolute atomic E-state index is 12.0. The normalized spacial score (nSPS) is 12.3. The molecule has 0 radical (unpaired) electrons. The Balaban J connectivity index is 2.31. The van der Waals surface area contributed by atoms with Gasteiger partial charge in [0.15, 0.2) is 15.6 Å². The molecule has 144 valence electrons. The fraction of sp³-hybridized carbons (Fsp3) is 0.250. The van der Waals surface area contributed by atoms with E-state index in [1.165, 1.54) is 18.2 Å². The van der Waals surface area contributed by atoms with Gasteiger partial charge in [-0.1, -0.05) is 6.58 Å². The number of rotatable bonds is 9. The van der Waals surface area contributed by atoms with Crippen molar-refractivity contribution in [1.82, 2.24) is 0 Å². The van der Waals surface area contributed by atoms with Crippen molar-refractivity contribution >= 4 is 15.6 Å². The quantitative estimate of drug-likeness (QED) is 0.480. The number of allylic oxidation sites excluding steroid dienone is 1. The predicted molar refractivity (Wildman–Crippen MR) is 103 cm³/mol. The van der Waals surface area contributed by atoms with E-state index in [-0.39, 0.29) is 16.8 Å². The second kappa shape index (κ2) is 8.83. The van der Waals surface area contributed by atoms with E-state index in [9.17, 15) is 13.2 Å². The van der Waals surface area contributed by atoms with Crippen LogP contribution in [0.3, 0.4) is 0 Å². The van der Waals surface area contributed by atoms with E-state index in [4.69, 9.17) is 14.2 Å². The number of sulfone groups is 1. The summed E-state index contributed by atoms with van der Waals surface area (Å²) in [6.07, 6.45) is 2.13. The van der Waals surface area contributed by atoms with Crippen LogP contribution in [-0.2, 0) is 14.6 Å². The van der Waals surface area contributed by atoms with Gasteiger partial charge in [0.1, 0.15) is 23.4 Å².